The number of aromatic nitrogens is 4. The molecule has 2 N–H and O–H groups in total. The SMILES string of the molecule is CC[C@@H](O)CNC(=O)c1cnn(-c2nccc(-c3cccs3)n2)c1COC. The fraction of sp³-hybridized carbons (Fsp3) is 0.333. The lowest BCUT2D eigenvalue weighted by Crippen LogP contribution is -2.32. The highest BCUT2D eigenvalue weighted by Gasteiger charge is 2.20. The Morgan fingerprint density at radius 1 is 1.44 bits per heavy atom. The van der Waals surface area contributed by atoms with Gasteiger partial charge >= 0.3 is 0 Å². The number of hydrogen-bond donors (Lipinski definition) is 2. The lowest BCUT2D eigenvalue weighted by molar-refractivity contribution is 0.0909. The Morgan fingerprint density at radius 3 is 3.00 bits per heavy atom. The summed E-state index contributed by atoms with van der Waals surface area (Å²) in [5, 5.41) is 18.6. The van der Waals surface area contributed by atoms with Crippen molar-refractivity contribution in [2.24, 2.45) is 0 Å². The largest absolute Gasteiger partial charge is 0.391 e. The van der Waals surface area contributed by atoms with E-state index in [4.69, 9.17) is 4.74 Å². The maximum Gasteiger partial charge on any atom is 0.254 e. The fourth-order valence-electron chi connectivity index (χ4n) is 2.47. The van der Waals surface area contributed by atoms with Crippen LogP contribution in [0, 0.1) is 0 Å². The molecule has 27 heavy (non-hydrogen) atoms. The van der Waals surface area contributed by atoms with Crippen LogP contribution in [0.5, 0.6) is 0 Å². The number of rotatable bonds is 8. The van der Waals surface area contributed by atoms with Crippen LogP contribution in [-0.4, -0.2) is 50.5 Å². The molecule has 1 atom stereocenters. The van der Waals surface area contributed by atoms with Crippen LogP contribution in [0.15, 0.2) is 36.0 Å². The van der Waals surface area contributed by atoms with Crippen molar-refractivity contribution in [1.29, 1.82) is 0 Å². The van der Waals surface area contributed by atoms with Crippen LogP contribution in [0.2, 0.25) is 0 Å². The van der Waals surface area contributed by atoms with E-state index in [0.29, 0.717) is 23.6 Å². The second-order valence-corrected chi connectivity index (χ2v) is 6.79. The minimum Gasteiger partial charge on any atom is -0.391 e. The van der Waals surface area contributed by atoms with Crippen LogP contribution >= 0.6 is 11.3 Å². The van der Waals surface area contributed by atoms with E-state index in [2.05, 4.69) is 20.4 Å². The number of nitrogens with one attached hydrogen (secondary N) is 1. The topological polar surface area (TPSA) is 102 Å². The number of carbonyl (C=O) groups is 1. The van der Waals surface area contributed by atoms with Crippen molar-refractivity contribution in [3.63, 3.8) is 0 Å². The molecule has 0 radical (unpaired) electrons. The van der Waals surface area contributed by atoms with Crippen molar-refractivity contribution >= 4 is 17.2 Å². The second kappa shape index (κ2) is 8.85. The lowest BCUT2D eigenvalue weighted by atomic mass is 10.2. The van der Waals surface area contributed by atoms with Gasteiger partial charge in [0.2, 0.25) is 0 Å². The molecule has 3 heterocycles. The molecule has 9 heteroatoms. The molecule has 1 amide bonds. The van der Waals surface area contributed by atoms with Gasteiger partial charge in [0.25, 0.3) is 11.9 Å². The van der Waals surface area contributed by atoms with Gasteiger partial charge in [-0.05, 0) is 23.9 Å². The van der Waals surface area contributed by atoms with Crippen LogP contribution in [0.1, 0.15) is 29.4 Å². The summed E-state index contributed by atoms with van der Waals surface area (Å²) in [5.41, 5.74) is 1.69. The van der Waals surface area contributed by atoms with Crippen LogP contribution in [-0.2, 0) is 11.3 Å². The van der Waals surface area contributed by atoms with Gasteiger partial charge < -0.3 is 15.2 Å². The highest BCUT2D eigenvalue weighted by atomic mass is 32.1. The molecule has 142 valence electrons. The van der Waals surface area contributed by atoms with Gasteiger partial charge in [-0.2, -0.15) is 9.78 Å². The number of methoxy groups -OCH3 is 1. The molecule has 8 nitrogen and oxygen atoms in total. The van der Waals surface area contributed by atoms with Gasteiger partial charge in [0.1, 0.15) is 0 Å². The molecule has 0 spiro atoms. The summed E-state index contributed by atoms with van der Waals surface area (Å²) >= 11 is 1.58. The number of thiophene rings is 1. The van der Waals surface area contributed by atoms with Gasteiger partial charge in [0.05, 0.1) is 40.7 Å². The van der Waals surface area contributed by atoms with Crippen molar-refractivity contribution in [1.82, 2.24) is 25.1 Å². The Hall–Kier alpha value is -2.62. The zero-order valence-corrected chi connectivity index (χ0v) is 15.9. The van der Waals surface area contributed by atoms with Crippen molar-refractivity contribution in [3.8, 4) is 16.5 Å². The molecule has 0 fully saturated rings. The predicted molar refractivity (Wildman–Crippen MR) is 102 cm³/mol. The molecule has 0 unspecified atom stereocenters. The van der Waals surface area contributed by atoms with E-state index < -0.39 is 6.10 Å². The number of carbonyl (C=O) groups excluding carboxylic acids is 1. The van der Waals surface area contributed by atoms with E-state index >= 15 is 0 Å². The zero-order valence-electron chi connectivity index (χ0n) is 15.1. The third-order valence-corrected chi connectivity index (χ3v) is 4.86. The zero-order chi connectivity index (χ0) is 19.2. The van der Waals surface area contributed by atoms with E-state index in [0.717, 1.165) is 10.6 Å². The van der Waals surface area contributed by atoms with E-state index in [-0.39, 0.29) is 19.1 Å². The van der Waals surface area contributed by atoms with E-state index in [1.165, 1.54) is 10.9 Å². The van der Waals surface area contributed by atoms with Gasteiger partial charge in [-0.25, -0.2) is 9.97 Å². The van der Waals surface area contributed by atoms with E-state index in [1.807, 2.05) is 30.5 Å². The smallest absolute Gasteiger partial charge is 0.254 e. The third-order valence-electron chi connectivity index (χ3n) is 3.97. The summed E-state index contributed by atoms with van der Waals surface area (Å²) in [6.07, 6.45) is 3.10. The van der Waals surface area contributed by atoms with Crippen LogP contribution in [0.25, 0.3) is 16.5 Å². The molecule has 0 bridgehead atoms. The normalized spacial score (nSPS) is 12.1. The van der Waals surface area contributed by atoms with Gasteiger partial charge in [-0.15, -0.1) is 11.3 Å². The first kappa shape index (κ1) is 19.2. The maximum absolute atomic E-state index is 12.5. The van der Waals surface area contributed by atoms with Crippen LogP contribution in [0.3, 0.4) is 0 Å². The molecular formula is C18H21N5O3S. The number of nitrogens with zero attached hydrogens (tertiary/aromatic N) is 4. The summed E-state index contributed by atoms with van der Waals surface area (Å²) in [5.74, 6) is 0.0378. The van der Waals surface area contributed by atoms with Gasteiger partial charge in [0.15, 0.2) is 0 Å². The Balaban J connectivity index is 1.91. The fourth-order valence-corrected chi connectivity index (χ4v) is 3.17. The average molecular weight is 387 g/mol. The molecule has 3 aromatic heterocycles. The van der Waals surface area contributed by atoms with Crippen molar-refractivity contribution in [3.05, 3.63) is 47.2 Å². The molecule has 0 aromatic carbocycles. The summed E-state index contributed by atoms with van der Waals surface area (Å²) in [6, 6.07) is 5.77. The van der Waals surface area contributed by atoms with E-state index in [1.54, 1.807) is 24.6 Å². The monoisotopic (exact) mass is 387 g/mol. The van der Waals surface area contributed by atoms with Gasteiger partial charge in [-0.3, -0.25) is 4.79 Å². The summed E-state index contributed by atoms with van der Waals surface area (Å²) in [7, 11) is 1.54. The Bertz CT molecular complexity index is 894. The average Bonchev–Trinajstić information content (AvgIpc) is 3.36. The number of aliphatic hydroxyl groups excluding tert-OH is 1. The van der Waals surface area contributed by atoms with Crippen molar-refractivity contribution in [2.75, 3.05) is 13.7 Å². The number of ether oxygens (including phenoxy) is 1. The third kappa shape index (κ3) is 4.38. The van der Waals surface area contributed by atoms with E-state index in [9.17, 15) is 9.90 Å². The standard InChI is InChI=1S/C18H21N5O3S/c1-3-12(24)9-20-17(25)13-10-21-23(15(13)11-26-2)18-19-7-6-14(22-18)16-5-4-8-27-16/h4-8,10,12,24H,3,9,11H2,1-2H3,(H,20,25)/t12-/m1/s1. The number of hydrogen-bond acceptors (Lipinski definition) is 7. The minimum atomic E-state index is -0.583. The Labute approximate surface area is 160 Å². The molecule has 0 aliphatic heterocycles. The van der Waals surface area contributed by atoms with Gasteiger partial charge in [0, 0.05) is 19.9 Å². The Morgan fingerprint density at radius 2 is 2.30 bits per heavy atom. The van der Waals surface area contributed by atoms with Gasteiger partial charge in [-0.1, -0.05) is 13.0 Å². The summed E-state index contributed by atoms with van der Waals surface area (Å²) in [6.45, 7) is 2.20. The molecule has 0 saturated carbocycles. The molecule has 0 saturated heterocycles. The highest BCUT2D eigenvalue weighted by molar-refractivity contribution is 7.13. The second-order valence-electron chi connectivity index (χ2n) is 5.84. The molecular weight excluding hydrogens is 366 g/mol. The molecule has 0 aliphatic carbocycles. The molecule has 3 rings (SSSR count). The number of aliphatic hydroxyl groups is 1. The quantitative estimate of drug-likeness (QED) is 0.613. The number of amides is 1. The predicted octanol–water partition coefficient (Wildman–Crippen LogP) is 2.04. The first-order valence-electron chi connectivity index (χ1n) is 8.53. The molecule has 0 aliphatic rings. The van der Waals surface area contributed by atoms with Crippen LogP contribution in [0.4, 0.5) is 0 Å². The maximum atomic E-state index is 12.5. The van der Waals surface area contributed by atoms with Crippen molar-refractivity contribution < 1.29 is 14.6 Å². The first-order chi connectivity index (χ1) is 13.1. The Kier molecular flexibility index (Phi) is 6.28. The minimum absolute atomic E-state index is 0.172. The first-order valence-corrected chi connectivity index (χ1v) is 9.41. The van der Waals surface area contributed by atoms with Crippen LogP contribution < -0.4 is 5.32 Å². The molecule has 3 aromatic rings. The summed E-state index contributed by atoms with van der Waals surface area (Å²) in [4.78, 5) is 22.4. The highest BCUT2D eigenvalue weighted by Crippen LogP contribution is 2.23. The lowest BCUT2D eigenvalue weighted by Gasteiger charge is -2.11. The van der Waals surface area contributed by atoms with Crippen molar-refractivity contribution in [2.45, 2.75) is 26.1 Å². The summed E-state index contributed by atoms with van der Waals surface area (Å²) < 4.78 is 6.75.